The molecule has 5 aromatic rings. The van der Waals surface area contributed by atoms with E-state index < -0.39 is 5.97 Å². The van der Waals surface area contributed by atoms with Crippen molar-refractivity contribution in [2.45, 2.75) is 78.0 Å². The molecule has 4 heterocycles. The highest BCUT2D eigenvalue weighted by Gasteiger charge is 2.52. The average molecular weight is 729 g/mol. The summed E-state index contributed by atoms with van der Waals surface area (Å²) in [6, 6.07) is 21.4. The first-order valence-electron chi connectivity index (χ1n) is 18.4. The van der Waals surface area contributed by atoms with Gasteiger partial charge in [0.25, 0.3) is 5.91 Å². The summed E-state index contributed by atoms with van der Waals surface area (Å²) in [5.74, 6) is 0.185. The lowest BCUT2D eigenvalue weighted by atomic mass is 9.54. The molecule has 0 spiro atoms. The van der Waals surface area contributed by atoms with Crippen LogP contribution in [0.15, 0.2) is 60.7 Å². The number of thiazole rings is 1. The van der Waals surface area contributed by atoms with Gasteiger partial charge in [-0.15, -0.1) is 0 Å². The molecule has 2 bridgehead atoms. The first-order chi connectivity index (χ1) is 25.5. The summed E-state index contributed by atoms with van der Waals surface area (Å²) in [6.07, 6.45) is 5.89. The minimum atomic E-state index is -1.13. The van der Waals surface area contributed by atoms with Gasteiger partial charge >= 0.3 is 5.97 Å². The number of nitriles is 1. The van der Waals surface area contributed by atoms with Gasteiger partial charge in [0.1, 0.15) is 17.6 Å². The smallest absolute Gasteiger partial charge is 0.355 e. The zero-order valence-corrected chi connectivity index (χ0v) is 31.4. The number of para-hydroxylation sites is 1. The third kappa shape index (κ3) is 6.38. The molecule has 53 heavy (non-hydrogen) atoms. The van der Waals surface area contributed by atoms with Gasteiger partial charge in [-0.05, 0) is 110 Å². The van der Waals surface area contributed by atoms with Crippen LogP contribution in [-0.2, 0) is 24.2 Å². The van der Waals surface area contributed by atoms with Crippen LogP contribution in [0.4, 0.5) is 10.9 Å². The van der Waals surface area contributed by atoms with Crippen LogP contribution in [0.1, 0.15) is 89.3 Å². The number of amides is 1. The molecule has 2 saturated carbocycles. The number of carbonyl (C=O) groups is 2. The van der Waals surface area contributed by atoms with Crippen LogP contribution in [0.5, 0.6) is 0 Å². The third-order valence-corrected chi connectivity index (χ3v) is 12.8. The van der Waals surface area contributed by atoms with Gasteiger partial charge in [-0.2, -0.15) is 5.26 Å². The summed E-state index contributed by atoms with van der Waals surface area (Å²) in [5.41, 5.74) is 5.73. The summed E-state index contributed by atoms with van der Waals surface area (Å²) < 4.78 is 9.32. The van der Waals surface area contributed by atoms with Crippen molar-refractivity contribution in [2.75, 3.05) is 23.9 Å². The number of rotatable bonds is 8. The molecule has 2 fully saturated rings. The van der Waals surface area contributed by atoms with Gasteiger partial charge in [0.05, 0.1) is 15.8 Å². The molecule has 0 radical (unpaired) electrons. The summed E-state index contributed by atoms with van der Waals surface area (Å²) >= 11 is 1.43. The summed E-state index contributed by atoms with van der Waals surface area (Å²) in [4.78, 5) is 37.8. The van der Waals surface area contributed by atoms with E-state index >= 15 is 0 Å². The minimum Gasteiger partial charge on any atom is -0.476 e. The maximum atomic E-state index is 13.6. The van der Waals surface area contributed by atoms with E-state index in [0.717, 1.165) is 59.1 Å². The molecule has 1 amide bonds. The normalized spacial score (nSPS) is 23.7. The SMILES string of the molecule is COC12CC(C)CC(Cn3c(C#N)cc(-c4ccc(N5CCc6cccc(C(=O)Nc7nc8ccccc8s7)c6C5)nc4C(=O)O)c3C)(CC(C)C1)C2. The number of carboxylic acids is 1. The van der Waals surface area contributed by atoms with E-state index in [1.54, 1.807) is 0 Å². The van der Waals surface area contributed by atoms with E-state index in [1.807, 2.05) is 79.6 Å². The van der Waals surface area contributed by atoms with Crippen molar-refractivity contribution in [3.63, 3.8) is 0 Å². The van der Waals surface area contributed by atoms with Crippen LogP contribution in [0.3, 0.4) is 0 Å². The van der Waals surface area contributed by atoms with E-state index in [1.165, 1.54) is 11.3 Å². The molecule has 1 aliphatic heterocycles. The van der Waals surface area contributed by atoms with Gasteiger partial charge in [0.2, 0.25) is 0 Å². The number of carboxylic acid groups (broad SMARTS) is 1. The van der Waals surface area contributed by atoms with E-state index in [4.69, 9.17) is 9.72 Å². The first kappa shape index (κ1) is 35.0. The Kier molecular flexibility index (Phi) is 8.86. The third-order valence-electron chi connectivity index (χ3n) is 11.8. The average Bonchev–Trinajstić information content (AvgIpc) is 3.69. The summed E-state index contributed by atoms with van der Waals surface area (Å²) in [5, 5.41) is 24.4. The van der Waals surface area contributed by atoms with Crippen LogP contribution in [0, 0.1) is 35.5 Å². The molecule has 272 valence electrons. The van der Waals surface area contributed by atoms with Crippen LogP contribution < -0.4 is 10.2 Å². The zero-order valence-electron chi connectivity index (χ0n) is 30.6. The summed E-state index contributed by atoms with van der Waals surface area (Å²) in [7, 11) is 1.84. The number of nitrogens with one attached hydrogen (secondary N) is 1. The fourth-order valence-electron chi connectivity index (χ4n) is 10.1. The molecular weight excluding hydrogens is 685 g/mol. The number of methoxy groups -OCH3 is 1. The Morgan fingerprint density at radius 3 is 2.53 bits per heavy atom. The van der Waals surface area contributed by atoms with Gasteiger partial charge in [-0.3, -0.25) is 10.1 Å². The molecule has 2 unspecified atom stereocenters. The number of nitrogens with zero attached hydrogens (tertiary/aromatic N) is 5. The predicted octanol–water partition coefficient (Wildman–Crippen LogP) is 8.47. The van der Waals surface area contributed by atoms with Crippen molar-refractivity contribution in [3.8, 4) is 17.2 Å². The van der Waals surface area contributed by atoms with Crippen LogP contribution in [0.25, 0.3) is 21.3 Å². The Bertz CT molecular complexity index is 2260. The number of anilines is 2. The van der Waals surface area contributed by atoms with Crippen molar-refractivity contribution in [3.05, 3.63) is 94.4 Å². The Balaban J connectivity index is 1.08. The summed E-state index contributed by atoms with van der Waals surface area (Å²) in [6.45, 7) is 8.32. The lowest BCUT2D eigenvalue weighted by Crippen LogP contribution is -2.52. The number of hydrogen-bond donors (Lipinski definition) is 2. The Labute approximate surface area is 313 Å². The number of fused-ring (bicyclic) bond motifs is 4. The van der Waals surface area contributed by atoms with Crippen molar-refractivity contribution >= 4 is 44.4 Å². The lowest BCUT2D eigenvalue weighted by molar-refractivity contribution is -0.146. The van der Waals surface area contributed by atoms with Crippen LogP contribution in [0.2, 0.25) is 0 Å². The lowest BCUT2D eigenvalue weighted by Gasteiger charge is -2.56. The van der Waals surface area contributed by atoms with Gasteiger partial charge in [-0.25, -0.2) is 14.8 Å². The Morgan fingerprint density at radius 1 is 1.04 bits per heavy atom. The van der Waals surface area contributed by atoms with Gasteiger partial charge in [0.15, 0.2) is 10.8 Å². The highest BCUT2D eigenvalue weighted by Crippen LogP contribution is 2.57. The largest absolute Gasteiger partial charge is 0.476 e. The van der Waals surface area contributed by atoms with E-state index in [9.17, 15) is 20.0 Å². The standard InChI is InChI=1S/C42H44N6O4S/c1-25-17-41(18-26(2)20-42(19-25,23-41)52-4)24-48-27(3)32(16-29(48)21-43)30-12-13-36(45-37(30)39(50)51)47-15-14-28-8-7-9-31(33(28)22-47)38(49)46-40-44-34-10-5-6-11-35(34)53-40/h5-13,16,25-26H,14-15,17-20,22-24H2,1-4H3,(H,50,51)(H,44,46,49). The highest BCUT2D eigenvalue weighted by atomic mass is 32.1. The van der Waals surface area contributed by atoms with Crippen molar-refractivity contribution < 1.29 is 19.4 Å². The van der Waals surface area contributed by atoms with Crippen LogP contribution in [-0.4, -0.2) is 50.8 Å². The maximum absolute atomic E-state index is 13.6. The second-order valence-electron chi connectivity index (χ2n) is 15.7. The molecule has 3 aromatic heterocycles. The second-order valence-corrected chi connectivity index (χ2v) is 16.8. The Morgan fingerprint density at radius 2 is 1.81 bits per heavy atom. The van der Waals surface area contributed by atoms with E-state index in [2.05, 4.69) is 34.8 Å². The number of hydrogen-bond acceptors (Lipinski definition) is 8. The fraction of sp³-hybridized carbons (Fsp3) is 0.405. The van der Waals surface area contributed by atoms with Crippen molar-refractivity contribution in [1.29, 1.82) is 5.26 Å². The molecule has 0 saturated heterocycles. The molecule has 3 aliphatic rings. The molecule has 2 aliphatic carbocycles. The predicted molar refractivity (Wildman–Crippen MR) is 206 cm³/mol. The van der Waals surface area contributed by atoms with Gasteiger partial charge in [0, 0.05) is 49.1 Å². The number of aromatic carboxylic acids is 1. The molecule has 8 rings (SSSR count). The zero-order chi connectivity index (χ0) is 37.1. The fourth-order valence-corrected chi connectivity index (χ4v) is 11.0. The minimum absolute atomic E-state index is 0.00950. The molecule has 11 heteroatoms. The van der Waals surface area contributed by atoms with E-state index in [-0.39, 0.29) is 22.6 Å². The second kappa shape index (κ2) is 13.4. The quantitative estimate of drug-likeness (QED) is 0.163. The first-order valence-corrected chi connectivity index (χ1v) is 19.2. The number of pyridine rings is 1. The van der Waals surface area contributed by atoms with Crippen molar-refractivity contribution in [1.82, 2.24) is 14.5 Å². The molecule has 10 nitrogen and oxygen atoms in total. The number of benzene rings is 2. The molecule has 2 aromatic carbocycles. The maximum Gasteiger partial charge on any atom is 0.355 e. The van der Waals surface area contributed by atoms with Gasteiger partial charge in [-0.1, -0.05) is 49.4 Å². The number of carbonyl (C=O) groups excluding carboxylic acids is 1. The monoisotopic (exact) mass is 728 g/mol. The number of aromatic nitrogens is 3. The van der Waals surface area contributed by atoms with Crippen molar-refractivity contribution in [2.24, 2.45) is 17.3 Å². The molecule has 2 atom stereocenters. The van der Waals surface area contributed by atoms with Gasteiger partial charge < -0.3 is 19.3 Å². The molecule has 2 N–H and O–H groups in total. The highest BCUT2D eigenvalue weighted by molar-refractivity contribution is 7.22. The van der Waals surface area contributed by atoms with E-state index in [0.29, 0.717) is 71.2 Å². The Hall–Kier alpha value is -5.05. The number of ether oxygens (including phenoxy) is 1. The topological polar surface area (TPSA) is 133 Å². The molecular formula is C42H44N6O4S. The van der Waals surface area contributed by atoms with Crippen LogP contribution >= 0.6 is 11.3 Å².